The molecule has 9 nitrogen and oxygen atoms in total. The number of benzene rings is 1. The van der Waals surface area contributed by atoms with Gasteiger partial charge in [0.25, 0.3) is 0 Å². The summed E-state index contributed by atoms with van der Waals surface area (Å²) in [4.78, 5) is 25.1. The van der Waals surface area contributed by atoms with Crippen molar-refractivity contribution >= 4 is 11.7 Å². The fourth-order valence-corrected chi connectivity index (χ4v) is 2.19. The first-order chi connectivity index (χ1) is 13.7. The van der Waals surface area contributed by atoms with Gasteiger partial charge in [-0.05, 0) is 39.8 Å². The van der Waals surface area contributed by atoms with Gasteiger partial charge < -0.3 is 23.8 Å². The maximum absolute atomic E-state index is 11.7. The predicted octanol–water partition coefficient (Wildman–Crippen LogP) is 3.37. The number of para-hydroxylation sites is 1. The minimum Gasteiger partial charge on any atom is -0.481 e. The number of carbonyl (C=O) groups excluding carboxylic acids is 1. The number of methoxy groups -OCH3 is 2. The van der Waals surface area contributed by atoms with Crippen LogP contribution < -0.4 is 14.2 Å². The van der Waals surface area contributed by atoms with Crippen molar-refractivity contribution < 1.29 is 28.6 Å². The lowest BCUT2D eigenvalue weighted by atomic mass is 10.1. The standard InChI is InChI=1S/C20H25N3O6/c1-13(23-27-12-18(24)29-20(2,3)4)14-9-7-8-10-15(14)28-19-21-16(25-5)11-17(22-19)26-6/h7-11H,12H2,1-6H3. The largest absolute Gasteiger partial charge is 0.481 e. The van der Waals surface area contributed by atoms with Gasteiger partial charge in [0.1, 0.15) is 11.4 Å². The first-order valence-corrected chi connectivity index (χ1v) is 8.84. The van der Waals surface area contributed by atoms with Gasteiger partial charge in [-0.1, -0.05) is 17.3 Å². The quantitative estimate of drug-likeness (QED) is 0.376. The molecule has 0 saturated carbocycles. The van der Waals surface area contributed by atoms with E-state index in [-0.39, 0.29) is 12.6 Å². The van der Waals surface area contributed by atoms with Crippen LogP contribution in [0.2, 0.25) is 0 Å². The second-order valence-electron chi connectivity index (χ2n) is 6.87. The number of esters is 1. The first-order valence-electron chi connectivity index (χ1n) is 8.84. The summed E-state index contributed by atoms with van der Waals surface area (Å²) in [5.74, 6) is 0.547. The van der Waals surface area contributed by atoms with E-state index < -0.39 is 11.6 Å². The zero-order valence-corrected chi connectivity index (χ0v) is 17.4. The Labute approximate surface area is 169 Å². The van der Waals surface area contributed by atoms with Crippen molar-refractivity contribution in [3.8, 4) is 23.5 Å². The lowest BCUT2D eigenvalue weighted by Crippen LogP contribution is -2.26. The Morgan fingerprint density at radius 1 is 1.07 bits per heavy atom. The number of carbonyl (C=O) groups is 1. The summed E-state index contributed by atoms with van der Waals surface area (Å²) in [5, 5.41) is 3.98. The molecule has 0 aliphatic heterocycles. The highest BCUT2D eigenvalue weighted by Gasteiger charge is 2.17. The van der Waals surface area contributed by atoms with E-state index in [1.807, 2.05) is 6.07 Å². The molecule has 0 spiro atoms. The van der Waals surface area contributed by atoms with Gasteiger partial charge in [0.05, 0.1) is 26.0 Å². The van der Waals surface area contributed by atoms with Crippen LogP contribution in [0.25, 0.3) is 0 Å². The monoisotopic (exact) mass is 403 g/mol. The molecule has 0 saturated heterocycles. The number of rotatable bonds is 8. The van der Waals surface area contributed by atoms with Gasteiger partial charge in [0.2, 0.25) is 18.4 Å². The van der Waals surface area contributed by atoms with Crippen molar-refractivity contribution in [2.75, 3.05) is 20.8 Å². The molecule has 0 unspecified atom stereocenters. The summed E-state index contributed by atoms with van der Waals surface area (Å²) >= 11 is 0. The van der Waals surface area contributed by atoms with Crippen LogP contribution >= 0.6 is 0 Å². The van der Waals surface area contributed by atoms with Gasteiger partial charge in [-0.15, -0.1) is 0 Å². The summed E-state index contributed by atoms with van der Waals surface area (Å²) in [6, 6.07) is 8.74. The molecule has 1 heterocycles. The Hall–Kier alpha value is -3.36. The van der Waals surface area contributed by atoms with Crippen LogP contribution in [0.3, 0.4) is 0 Å². The lowest BCUT2D eigenvalue weighted by Gasteiger charge is -2.18. The summed E-state index contributed by atoms with van der Waals surface area (Å²) < 4.78 is 21.2. The number of hydrogen-bond acceptors (Lipinski definition) is 9. The molecule has 0 aliphatic carbocycles. The summed E-state index contributed by atoms with van der Waals surface area (Å²) in [5.41, 5.74) is 0.554. The minimum atomic E-state index is -0.586. The van der Waals surface area contributed by atoms with Gasteiger partial charge in [-0.2, -0.15) is 9.97 Å². The molecule has 0 N–H and O–H groups in total. The van der Waals surface area contributed by atoms with Crippen LogP contribution in [-0.4, -0.2) is 48.1 Å². The second-order valence-corrected chi connectivity index (χ2v) is 6.87. The van der Waals surface area contributed by atoms with Crippen LogP contribution in [-0.2, 0) is 14.4 Å². The summed E-state index contributed by atoms with van der Waals surface area (Å²) in [6.07, 6.45) is 0. The maximum Gasteiger partial charge on any atom is 0.347 e. The van der Waals surface area contributed by atoms with E-state index in [1.54, 1.807) is 45.9 Å². The average Bonchev–Trinajstić information content (AvgIpc) is 2.66. The number of nitrogens with zero attached hydrogens (tertiary/aromatic N) is 3. The first kappa shape index (κ1) is 21.9. The minimum absolute atomic E-state index is 0.0520. The third-order valence-corrected chi connectivity index (χ3v) is 3.36. The molecule has 0 aliphatic rings. The fourth-order valence-electron chi connectivity index (χ4n) is 2.19. The second kappa shape index (κ2) is 9.72. The summed E-state index contributed by atoms with van der Waals surface area (Å²) in [6.45, 7) is 6.77. The Kier molecular flexibility index (Phi) is 7.35. The molecule has 0 amide bonds. The Morgan fingerprint density at radius 3 is 2.28 bits per heavy atom. The summed E-state index contributed by atoms with van der Waals surface area (Å²) in [7, 11) is 2.97. The normalized spacial score (nSPS) is 11.6. The number of hydrogen-bond donors (Lipinski definition) is 0. The Morgan fingerprint density at radius 2 is 1.69 bits per heavy atom. The molecule has 1 aromatic carbocycles. The molecular formula is C20H25N3O6. The highest BCUT2D eigenvalue weighted by molar-refractivity contribution is 6.00. The van der Waals surface area contributed by atoms with E-state index in [4.69, 9.17) is 23.8 Å². The third-order valence-electron chi connectivity index (χ3n) is 3.36. The number of oxime groups is 1. The van der Waals surface area contributed by atoms with Crippen molar-refractivity contribution in [3.63, 3.8) is 0 Å². The van der Waals surface area contributed by atoms with E-state index >= 15 is 0 Å². The molecular weight excluding hydrogens is 378 g/mol. The zero-order chi connectivity index (χ0) is 21.4. The fraction of sp³-hybridized carbons (Fsp3) is 0.400. The number of aromatic nitrogens is 2. The van der Waals surface area contributed by atoms with Crippen molar-refractivity contribution in [2.45, 2.75) is 33.3 Å². The van der Waals surface area contributed by atoms with Crippen LogP contribution in [0.4, 0.5) is 0 Å². The average molecular weight is 403 g/mol. The van der Waals surface area contributed by atoms with Crippen LogP contribution in [0.1, 0.15) is 33.3 Å². The molecule has 2 rings (SSSR count). The molecule has 156 valence electrons. The molecule has 0 atom stereocenters. The number of ether oxygens (including phenoxy) is 4. The molecule has 0 fully saturated rings. The van der Waals surface area contributed by atoms with E-state index in [0.29, 0.717) is 28.8 Å². The van der Waals surface area contributed by atoms with Crippen LogP contribution in [0.5, 0.6) is 23.5 Å². The van der Waals surface area contributed by atoms with Gasteiger partial charge in [0, 0.05) is 5.56 Å². The third kappa shape index (κ3) is 6.95. The van der Waals surface area contributed by atoms with Crippen molar-refractivity contribution in [3.05, 3.63) is 35.9 Å². The maximum atomic E-state index is 11.7. The highest BCUT2D eigenvalue weighted by atomic mass is 16.7. The molecule has 2 aromatic rings. The highest BCUT2D eigenvalue weighted by Crippen LogP contribution is 2.27. The van der Waals surface area contributed by atoms with E-state index in [2.05, 4.69) is 15.1 Å². The van der Waals surface area contributed by atoms with Gasteiger partial charge in [-0.25, -0.2) is 4.79 Å². The van der Waals surface area contributed by atoms with Crippen molar-refractivity contribution in [1.82, 2.24) is 9.97 Å². The molecule has 1 aromatic heterocycles. The van der Waals surface area contributed by atoms with Gasteiger partial charge in [-0.3, -0.25) is 0 Å². The smallest absolute Gasteiger partial charge is 0.347 e. The molecule has 29 heavy (non-hydrogen) atoms. The van der Waals surface area contributed by atoms with Crippen molar-refractivity contribution in [1.29, 1.82) is 0 Å². The van der Waals surface area contributed by atoms with E-state index in [0.717, 1.165) is 0 Å². The molecule has 9 heteroatoms. The molecule has 0 bridgehead atoms. The van der Waals surface area contributed by atoms with Crippen LogP contribution in [0, 0.1) is 0 Å². The Bertz CT molecular complexity index is 855. The van der Waals surface area contributed by atoms with E-state index in [9.17, 15) is 4.79 Å². The van der Waals surface area contributed by atoms with Crippen molar-refractivity contribution in [2.24, 2.45) is 5.16 Å². The van der Waals surface area contributed by atoms with Gasteiger partial charge >= 0.3 is 12.0 Å². The lowest BCUT2D eigenvalue weighted by molar-refractivity contribution is -0.160. The zero-order valence-electron chi connectivity index (χ0n) is 17.4. The van der Waals surface area contributed by atoms with Crippen LogP contribution in [0.15, 0.2) is 35.5 Å². The topological polar surface area (TPSA) is 101 Å². The predicted molar refractivity (Wildman–Crippen MR) is 106 cm³/mol. The SMILES string of the molecule is COc1cc(OC)nc(Oc2ccccc2C(C)=NOCC(=O)OC(C)(C)C)n1. The Balaban J connectivity index is 2.15. The van der Waals surface area contributed by atoms with E-state index in [1.165, 1.54) is 20.3 Å². The van der Waals surface area contributed by atoms with Gasteiger partial charge in [0.15, 0.2) is 0 Å². The molecule has 0 radical (unpaired) electrons.